The third-order valence-electron chi connectivity index (χ3n) is 2.92. The number of aromatic nitrogens is 1. The van der Waals surface area contributed by atoms with E-state index in [9.17, 15) is 0 Å². The molecule has 0 fully saturated rings. The van der Waals surface area contributed by atoms with Gasteiger partial charge in [0.15, 0.2) is 0 Å². The Morgan fingerprint density at radius 3 is 2.78 bits per heavy atom. The van der Waals surface area contributed by atoms with Gasteiger partial charge in [-0.1, -0.05) is 23.7 Å². The molecule has 3 nitrogen and oxygen atoms in total. The van der Waals surface area contributed by atoms with Crippen LogP contribution in [0.1, 0.15) is 22.9 Å². The molecule has 2 rings (SSSR count). The van der Waals surface area contributed by atoms with E-state index in [1.807, 2.05) is 31.2 Å². The average molecular weight is 263 g/mol. The molecule has 1 aromatic carbocycles. The third-order valence-corrected chi connectivity index (χ3v) is 3.23. The van der Waals surface area contributed by atoms with E-state index in [0.717, 1.165) is 16.8 Å². The van der Waals surface area contributed by atoms with Crippen molar-refractivity contribution in [3.8, 4) is 5.75 Å². The lowest BCUT2D eigenvalue weighted by atomic mass is 9.98. The molecule has 4 heteroatoms. The van der Waals surface area contributed by atoms with Crippen LogP contribution < -0.4 is 10.5 Å². The normalized spacial score (nSPS) is 12.2. The summed E-state index contributed by atoms with van der Waals surface area (Å²) in [4.78, 5) is 4.25. The number of pyridine rings is 1. The number of methoxy groups -OCH3 is 1. The summed E-state index contributed by atoms with van der Waals surface area (Å²) < 4.78 is 5.20. The number of aryl methyl sites for hydroxylation is 1. The molecule has 0 amide bonds. The van der Waals surface area contributed by atoms with Crippen LogP contribution in [0.5, 0.6) is 5.75 Å². The molecule has 1 aromatic heterocycles. The Morgan fingerprint density at radius 1 is 1.33 bits per heavy atom. The Labute approximate surface area is 112 Å². The van der Waals surface area contributed by atoms with Crippen LogP contribution in [0.15, 0.2) is 36.5 Å². The lowest BCUT2D eigenvalue weighted by Gasteiger charge is -2.15. The summed E-state index contributed by atoms with van der Waals surface area (Å²) in [6, 6.07) is 9.19. The minimum atomic E-state index is -0.232. The van der Waals surface area contributed by atoms with Gasteiger partial charge in [-0.25, -0.2) is 0 Å². The van der Waals surface area contributed by atoms with Crippen LogP contribution >= 0.6 is 11.6 Å². The Bertz CT molecular complexity index is 557. The van der Waals surface area contributed by atoms with Crippen LogP contribution in [-0.2, 0) is 0 Å². The molecule has 0 bridgehead atoms. The first-order valence-electron chi connectivity index (χ1n) is 5.64. The van der Waals surface area contributed by atoms with E-state index in [2.05, 4.69) is 4.98 Å². The first-order chi connectivity index (χ1) is 8.63. The topological polar surface area (TPSA) is 48.1 Å². The third kappa shape index (κ3) is 2.47. The predicted molar refractivity (Wildman–Crippen MR) is 73.0 cm³/mol. The number of nitrogens with two attached hydrogens (primary N) is 1. The molecule has 0 aliphatic carbocycles. The molecule has 0 aliphatic heterocycles. The van der Waals surface area contributed by atoms with Gasteiger partial charge in [-0.3, -0.25) is 4.98 Å². The van der Waals surface area contributed by atoms with Gasteiger partial charge in [0.2, 0.25) is 0 Å². The average Bonchev–Trinajstić information content (AvgIpc) is 2.39. The van der Waals surface area contributed by atoms with E-state index in [1.54, 1.807) is 19.4 Å². The number of rotatable bonds is 3. The molecule has 0 radical (unpaired) electrons. The van der Waals surface area contributed by atoms with Crippen molar-refractivity contribution < 1.29 is 4.74 Å². The van der Waals surface area contributed by atoms with Crippen LogP contribution in [0, 0.1) is 6.92 Å². The number of halogens is 1. The van der Waals surface area contributed by atoms with Crippen molar-refractivity contribution in [2.45, 2.75) is 13.0 Å². The summed E-state index contributed by atoms with van der Waals surface area (Å²) in [5.41, 5.74) is 9.13. The summed E-state index contributed by atoms with van der Waals surface area (Å²) in [6.45, 7) is 1.95. The van der Waals surface area contributed by atoms with Crippen LogP contribution in [0.25, 0.3) is 0 Å². The van der Waals surface area contributed by atoms with Crippen LogP contribution in [-0.4, -0.2) is 12.1 Å². The molecule has 0 saturated heterocycles. The quantitative estimate of drug-likeness (QED) is 0.925. The molecule has 2 N–H and O–H groups in total. The summed E-state index contributed by atoms with van der Waals surface area (Å²) in [5.74, 6) is 0.631. The van der Waals surface area contributed by atoms with E-state index in [-0.39, 0.29) is 6.04 Å². The maximum atomic E-state index is 6.25. The van der Waals surface area contributed by atoms with Crippen molar-refractivity contribution in [1.82, 2.24) is 4.98 Å². The lowest BCUT2D eigenvalue weighted by Crippen LogP contribution is -2.13. The highest BCUT2D eigenvalue weighted by atomic mass is 35.5. The van der Waals surface area contributed by atoms with Crippen molar-refractivity contribution in [3.63, 3.8) is 0 Å². The molecule has 94 valence electrons. The molecule has 0 spiro atoms. The van der Waals surface area contributed by atoms with Crippen LogP contribution in [0.4, 0.5) is 0 Å². The second-order valence-electron chi connectivity index (χ2n) is 4.05. The largest absolute Gasteiger partial charge is 0.495 e. The minimum Gasteiger partial charge on any atom is -0.495 e. The fraction of sp³-hybridized carbons (Fsp3) is 0.214. The molecule has 1 unspecified atom stereocenters. The molecule has 0 saturated carbocycles. The molecule has 1 heterocycles. The molecule has 18 heavy (non-hydrogen) atoms. The van der Waals surface area contributed by atoms with Crippen LogP contribution in [0.3, 0.4) is 0 Å². The monoisotopic (exact) mass is 262 g/mol. The number of ether oxygens (including phenoxy) is 1. The maximum absolute atomic E-state index is 6.25. The van der Waals surface area contributed by atoms with E-state index in [0.29, 0.717) is 10.8 Å². The standard InChI is InChI=1S/C14H15ClN2O/c1-9-11(4-3-7-17-9)14(16)10-5-6-12(15)13(8-10)18-2/h3-8,14H,16H2,1-2H3. The van der Waals surface area contributed by atoms with Gasteiger partial charge in [0.25, 0.3) is 0 Å². The predicted octanol–water partition coefficient (Wildman–Crippen LogP) is 3.10. The summed E-state index contributed by atoms with van der Waals surface area (Å²) in [7, 11) is 1.59. The number of hydrogen-bond acceptors (Lipinski definition) is 3. The first kappa shape index (κ1) is 12.9. The molecule has 0 aliphatic rings. The van der Waals surface area contributed by atoms with Crippen molar-refractivity contribution in [1.29, 1.82) is 0 Å². The Morgan fingerprint density at radius 2 is 2.11 bits per heavy atom. The van der Waals surface area contributed by atoms with Gasteiger partial charge in [-0.15, -0.1) is 0 Å². The first-order valence-corrected chi connectivity index (χ1v) is 6.02. The number of nitrogens with zero attached hydrogens (tertiary/aromatic N) is 1. The van der Waals surface area contributed by atoms with Gasteiger partial charge < -0.3 is 10.5 Å². The second-order valence-corrected chi connectivity index (χ2v) is 4.46. The number of hydrogen-bond donors (Lipinski definition) is 1. The smallest absolute Gasteiger partial charge is 0.137 e. The zero-order chi connectivity index (χ0) is 13.1. The van der Waals surface area contributed by atoms with E-state index >= 15 is 0 Å². The fourth-order valence-electron chi connectivity index (χ4n) is 1.87. The van der Waals surface area contributed by atoms with E-state index in [4.69, 9.17) is 22.1 Å². The van der Waals surface area contributed by atoms with Crippen LogP contribution in [0.2, 0.25) is 5.02 Å². The molecular formula is C14H15ClN2O. The Kier molecular flexibility index (Phi) is 3.84. The Hall–Kier alpha value is -1.58. The van der Waals surface area contributed by atoms with Gasteiger partial charge in [0, 0.05) is 11.9 Å². The molecule has 1 atom stereocenters. The Balaban J connectivity index is 2.40. The van der Waals surface area contributed by atoms with Gasteiger partial charge in [-0.2, -0.15) is 0 Å². The van der Waals surface area contributed by atoms with E-state index in [1.165, 1.54) is 0 Å². The molecule has 2 aromatic rings. The highest BCUT2D eigenvalue weighted by Crippen LogP contribution is 2.29. The highest BCUT2D eigenvalue weighted by molar-refractivity contribution is 6.32. The van der Waals surface area contributed by atoms with Crippen molar-refractivity contribution in [3.05, 3.63) is 58.4 Å². The zero-order valence-corrected chi connectivity index (χ0v) is 11.1. The van der Waals surface area contributed by atoms with Crippen molar-refractivity contribution in [2.75, 3.05) is 7.11 Å². The van der Waals surface area contributed by atoms with Crippen molar-refractivity contribution in [2.24, 2.45) is 5.73 Å². The lowest BCUT2D eigenvalue weighted by molar-refractivity contribution is 0.414. The molecular weight excluding hydrogens is 248 g/mol. The highest BCUT2D eigenvalue weighted by Gasteiger charge is 2.13. The van der Waals surface area contributed by atoms with Gasteiger partial charge in [0.05, 0.1) is 18.2 Å². The fourth-order valence-corrected chi connectivity index (χ4v) is 2.07. The van der Waals surface area contributed by atoms with Gasteiger partial charge in [-0.05, 0) is 36.2 Å². The van der Waals surface area contributed by atoms with Gasteiger partial charge >= 0.3 is 0 Å². The summed E-state index contributed by atoms with van der Waals surface area (Å²) in [5, 5.41) is 0.580. The summed E-state index contributed by atoms with van der Waals surface area (Å²) >= 11 is 6.00. The van der Waals surface area contributed by atoms with Gasteiger partial charge in [0.1, 0.15) is 5.75 Å². The van der Waals surface area contributed by atoms with E-state index < -0.39 is 0 Å². The second kappa shape index (κ2) is 5.38. The maximum Gasteiger partial charge on any atom is 0.137 e. The van der Waals surface area contributed by atoms with Crippen molar-refractivity contribution >= 4 is 11.6 Å². The number of benzene rings is 1. The SMILES string of the molecule is COc1cc(C(N)c2cccnc2C)ccc1Cl. The summed E-state index contributed by atoms with van der Waals surface area (Å²) in [6.07, 6.45) is 1.76. The zero-order valence-electron chi connectivity index (χ0n) is 10.4. The minimum absolute atomic E-state index is 0.232.